The minimum atomic E-state index is -0.526. The van der Waals surface area contributed by atoms with Crippen LogP contribution in [-0.2, 0) is 0 Å². The second-order valence-electron chi connectivity index (χ2n) is 4.89. The third-order valence-corrected chi connectivity index (χ3v) is 3.10. The van der Waals surface area contributed by atoms with Gasteiger partial charge in [0.05, 0.1) is 11.7 Å². The summed E-state index contributed by atoms with van der Waals surface area (Å²) in [6, 6.07) is 0. The topological polar surface area (TPSA) is 52.5 Å². The van der Waals surface area contributed by atoms with Gasteiger partial charge in [0, 0.05) is 13.1 Å². The quantitative estimate of drug-likeness (QED) is 0.633. The van der Waals surface area contributed by atoms with E-state index in [2.05, 4.69) is 12.2 Å². The zero-order chi connectivity index (χ0) is 10.6. The third-order valence-electron chi connectivity index (χ3n) is 3.10. The summed E-state index contributed by atoms with van der Waals surface area (Å²) in [4.78, 5) is 0. The van der Waals surface area contributed by atoms with Gasteiger partial charge in [-0.2, -0.15) is 0 Å². The summed E-state index contributed by atoms with van der Waals surface area (Å²) >= 11 is 0. The highest BCUT2D eigenvalue weighted by atomic mass is 16.3. The fourth-order valence-electron chi connectivity index (χ4n) is 1.99. The van der Waals surface area contributed by atoms with E-state index in [0.29, 0.717) is 13.1 Å². The number of rotatable bonds is 4. The van der Waals surface area contributed by atoms with Crippen LogP contribution in [-0.4, -0.2) is 35.0 Å². The average Bonchev–Trinajstić information content (AvgIpc) is 2.10. The second-order valence-corrected chi connectivity index (χ2v) is 4.89. The lowest BCUT2D eigenvalue weighted by molar-refractivity contribution is -0.00765. The van der Waals surface area contributed by atoms with Gasteiger partial charge >= 0.3 is 0 Å². The van der Waals surface area contributed by atoms with Crippen LogP contribution in [0.4, 0.5) is 0 Å². The molecule has 0 saturated heterocycles. The van der Waals surface area contributed by atoms with Crippen molar-refractivity contribution >= 4 is 0 Å². The molecule has 0 unspecified atom stereocenters. The van der Waals surface area contributed by atoms with E-state index < -0.39 is 5.60 Å². The van der Waals surface area contributed by atoms with Crippen LogP contribution in [0.1, 0.15) is 39.5 Å². The van der Waals surface area contributed by atoms with Crippen LogP contribution in [0.3, 0.4) is 0 Å². The van der Waals surface area contributed by atoms with Gasteiger partial charge in [-0.1, -0.05) is 6.92 Å². The maximum absolute atomic E-state index is 10.2. The first kappa shape index (κ1) is 12.0. The predicted molar refractivity (Wildman–Crippen MR) is 57.1 cm³/mol. The van der Waals surface area contributed by atoms with Gasteiger partial charge in [0.15, 0.2) is 0 Å². The van der Waals surface area contributed by atoms with E-state index in [1.54, 1.807) is 6.92 Å². The predicted octanol–water partition coefficient (Wildman–Crippen LogP) is 0.898. The average molecular weight is 201 g/mol. The Bertz CT molecular complexity index is 163. The van der Waals surface area contributed by atoms with Crippen molar-refractivity contribution in [2.75, 3.05) is 13.1 Å². The van der Waals surface area contributed by atoms with Gasteiger partial charge in [-0.25, -0.2) is 0 Å². The first-order valence-corrected chi connectivity index (χ1v) is 5.63. The minimum Gasteiger partial charge on any atom is -0.392 e. The summed E-state index contributed by atoms with van der Waals surface area (Å²) in [5.74, 6) is 0.757. The van der Waals surface area contributed by atoms with Crippen molar-refractivity contribution in [3.8, 4) is 0 Å². The van der Waals surface area contributed by atoms with E-state index in [1.165, 1.54) is 0 Å². The highest BCUT2D eigenvalue weighted by Crippen LogP contribution is 2.31. The van der Waals surface area contributed by atoms with Gasteiger partial charge in [0.2, 0.25) is 0 Å². The Balaban J connectivity index is 2.21. The van der Waals surface area contributed by atoms with Gasteiger partial charge in [0.25, 0.3) is 0 Å². The lowest BCUT2D eigenvalue weighted by atomic mass is 9.79. The molecule has 0 aromatic carbocycles. The Morgan fingerprint density at radius 3 is 2.50 bits per heavy atom. The second kappa shape index (κ2) is 5.10. The fourth-order valence-corrected chi connectivity index (χ4v) is 1.99. The summed E-state index contributed by atoms with van der Waals surface area (Å²) in [6.07, 6.45) is 3.68. The zero-order valence-corrected chi connectivity index (χ0v) is 9.29. The zero-order valence-electron chi connectivity index (χ0n) is 9.29. The third kappa shape index (κ3) is 3.95. The van der Waals surface area contributed by atoms with E-state index in [0.717, 1.165) is 31.6 Å². The first-order chi connectivity index (χ1) is 6.52. The molecule has 0 aliphatic heterocycles. The molecule has 0 heterocycles. The van der Waals surface area contributed by atoms with Crippen LogP contribution < -0.4 is 5.32 Å². The van der Waals surface area contributed by atoms with Crippen molar-refractivity contribution < 1.29 is 10.2 Å². The Labute approximate surface area is 86.5 Å². The van der Waals surface area contributed by atoms with Gasteiger partial charge in [-0.3, -0.25) is 0 Å². The molecule has 0 aromatic rings. The number of aliphatic hydroxyl groups excluding tert-OH is 1. The Kier molecular flexibility index (Phi) is 4.35. The molecule has 1 aliphatic rings. The molecule has 0 bridgehead atoms. The minimum absolute atomic E-state index is 0.332. The molecule has 0 amide bonds. The summed E-state index contributed by atoms with van der Waals surface area (Å²) in [7, 11) is 0. The molecule has 1 aliphatic carbocycles. The summed E-state index contributed by atoms with van der Waals surface area (Å²) in [5, 5.41) is 22.3. The van der Waals surface area contributed by atoms with Crippen LogP contribution in [0.25, 0.3) is 0 Å². The van der Waals surface area contributed by atoms with E-state index >= 15 is 0 Å². The lowest BCUT2D eigenvalue weighted by Gasteiger charge is -2.35. The van der Waals surface area contributed by atoms with E-state index in [1.807, 2.05) is 0 Å². The molecular weight excluding hydrogens is 178 g/mol. The summed E-state index contributed by atoms with van der Waals surface area (Å²) in [6.45, 7) is 5.17. The summed E-state index contributed by atoms with van der Waals surface area (Å²) in [5.41, 5.74) is -0.526. The number of nitrogens with one attached hydrogen (secondary N) is 1. The maximum atomic E-state index is 10.2. The molecule has 84 valence electrons. The Morgan fingerprint density at radius 2 is 2.00 bits per heavy atom. The van der Waals surface area contributed by atoms with E-state index in [4.69, 9.17) is 5.11 Å². The molecule has 3 nitrogen and oxygen atoms in total. The van der Waals surface area contributed by atoms with Crippen molar-refractivity contribution in [3.05, 3.63) is 0 Å². The molecule has 0 spiro atoms. The van der Waals surface area contributed by atoms with Gasteiger partial charge in [-0.15, -0.1) is 0 Å². The van der Waals surface area contributed by atoms with Crippen LogP contribution in [0.2, 0.25) is 0 Å². The molecule has 1 rings (SSSR count). The summed E-state index contributed by atoms with van der Waals surface area (Å²) < 4.78 is 0. The molecule has 1 saturated carbocycles. The van der Waals surface area contributed by atoms with Crippen molar-refractivity contribution in [1.82, 2.24) is 5.32 Å². The highest BCUT2D eigenvalue weighted by Gasteiger charge is 2.31. The van der Waals surface area contributed by atoms with Crippen LogP contribution in [0.15, 0.2) is 0 Å². The molecular formula is C11H23NO2. The number of hydrogen-bond acceptors (Lipinski definition) is 3. The standard InChI is InChI=1S/C11H23NO2/c1-9-3-5-11(14,6-4-9)8-12-7-10(2)13/h9-10,12-14H,3-8H2,1-2H3/t9?,10-,11?/m1/s1. The van der Waals surface area contributed by atoms with Crippen molar-refractivity contribution in [2.45, 2.75) is 51.2 Å². The Hall–Kier alpha value is -0.120. The van der Waals surface area contributed by atoms with Gasteiger partial charge in [-0.05, 0) is 38.5 Å². The SMILES string of the molecule is CC1CCC(O)(CNC[C@@H](C)O)CC1. The monoisotopic (exact) mass is 201 g/mol. The molecule has 1 atom stereocenters. The van der Waals surface area contributed by atoms with Crippen LogP contribution >= 0.6 is 0 Å². The fraction of sp³-hybridized carbons (Fsp3) is 1.00. The first-order valence-electron chi connectivity index (χ1n) is 5.63. The van der Waals surface area contributed by atoms with Gasteiger partial charge in [0.1, 0.15) is 0 Å². The largest absolute Gasteiger partial charge is 0.392 e. The normalized spacial score (nSPS) is 35.6. The van der Waals surface area contributed by atoms with Crippen molar-refractivity contribution in [2.24, 2.45) is 5.92 Å². The Morgan fingerprint density at radius 1 is 1.43 bits per heavy atom. The van der Waals surface area contributed by atoms with E-state index in [-0.39, 0.29) is 6.10 Å². The van der Waals surface area contributed by atoms with Gasteiger partial charge < -0.3 is 15.5 Å². The van der Waals surface area contributed by atoms with Crippen LogP contribution in [0.5, 0.6) is 0 Å². The molecule has 14 heavy (non-hydrogen) atoms. The molecule has 3 N–H and O–H groups in total. The van der Waals surface area contributed by atoms with Crippen LogP contribution in [0, 0.1) is 5.92 Å². The molecule has 0 aromatic heterocycles. The molecule has 0 radical (unpaired) electrons. The number of hydrogen-bond donors (Lipinski definition) is 3. The lowest BCUT2D eigenvalue weighted by Crippen LogP contribution is -2.44. The van der Waals surface area contributed by atoms with E-state index in [9.17, 15) is 5.11 Å². The highest BCUT2D eigenvalue weighted by molar-refractivity contribution is 4.86. The molecule has 1 fully saturated rings. The number of aliphatic hydroxyl groups is 2. The smallest absolute Gasteiger partial charge is 0.0771 e. The molecule has 3 heteroatoms. The van der Waals surface area contributed by atoms with Crippen molar-refractivity contribution in [1.29, 1.82) is 0 Å². The van der Waals surface area contributed by atoms with Crippen molar-refractivity contribution in [3.63, 3.8) is 0 Å². The maximum Gasteiger partial charge on any atom is 0.0771 e.